The minimum Gasteiger partial charge on any atom is -0.469 e. The van der Waals surface area contributed by atoms with Crippen LogP contribution in [0, 0.1) is 25.2 Å². The molecular weight excluding hydrogens is 592 g/mol. The maximum Gasteiger partial charge on any atom is 2.00 e. The van der Waals surface area contributed by atoms with E-state index in [9.17, 15) is 9.59 Å². The van der Waals surface area contributed by atoms with Gasteiger partial charge in [-0.1, -0.05) is 54.8 Å². The molecule has 5 nitrogen and oxygen atoms in total. The van der Waals surface area contributed by atoms with Crippen molar-refractivity contribution in [3.63, 3.8) is 0 Å². The Hall–Kier alpha value is 2.02. The van der Waals surface area contributed by atoms with Gasteiger partial charge in [0.1, 0.15) is 7.34 Å². The van der Waals surface area contributed by atoms with E-state index in [0.29, 0.717) is 0 Å². The van der Waals surface area contributed by atoms with Gasteiger partial charge >= 0.3 is 24.5 Å². The molecule has 0 aromatic heterocycles. The minimum atomic E-state index is -2.87. The Balaban J connectivity index is -0.0000000497. The van der Waals surface area contributed by atoms with Crippen LogP contribution in [0.1, 0.15) is 81.6 Å². The zero-order valence-electron chi connectivity index (χ0n) is 21.2. The van der Waals surface area contributed by atoms with Crippen LogP contribution in [0.2, 0.25) is 0 Å². The summed E-state index contributed by atoms with van der Waals surface area (Å²) in [6, 6.07) is 0. The first-order valence-electron chi connectivity index (χ1n) is 9.00. The summed E-state index contributed by atoms with van der Waals surface area (Å²) in [5, 5.41) is -0.410. The number of methoxy groups -OCH3 is 1. The molecule has 30 heavy (non-hydrogen) atoms. The van der Waals surface area contributed by atoms with Gasteiger partial charge in [-0.05, 0) is 38.5 Å². The van der Waals surface area contributed by atoms with E-state index in [0.717, 1.165) is 19.3 Å². The van der Waals surface area contributed by atoms with E-state index < -0.39 is 12.5 Å². The predicted molar refractivity (Wildman–Crippen MR) is 120 cm³/mol. The van der Waals surface area contributed by atoms with Gasteiger partial charge in [0.2, 0.25) is 0 Å². The summed E-state index contributed by atoms with van der Waals surface area (Å²) in [4.78, 5) is 39.6. The van der Waals surface area contributed by atoms with Crippen molar-refractivity contribution in [3.8, 4) is 0 Å². The van der Waals surface area contributed by atoms with Gasteiger partial charge in [-0.25, -0.2) is 0 Å². The fourth-order valence-corrected chi connectivity index (χ4v) is 1.38. The van der Waals surface area contributed by atoms with Crippen LogP contribution in [0.4, 0.5) is 0 Å². The van der Waals surface area contributed by atoms with Crippen LogP contribution in [0.25, 0.3) is 0 Å². The van der Waals surface area contributed by atoms with E-state index in [-0.39, 0.29) is 114 Å². The van der Waals surface area contributed by atoms with Crippen LogP contribution in [0.3, 0.4) is 0 Å². The van der Waals surface area contributed by atoms with Crippen LogP contribution in [-0.2, 0) is 98.3 Å². The molecule has 0 saturated carbocycles. The summed E-state index contributed by atoms with van der Waals surface area (Å²) in [7, 11) is -1.45. The van der Waals surface area contributed by atoms with Gasteiger partial charge in [0.05, 0.1) is 12.5 Å². The molecule has 0 saturated heterocycles. The third kappa shape index (κ3) is 21.8. The van der Waals surface area contributed by atoms with Crippen molar-refractivity contribution in [3.05, 3.63) is 14.4 Å². The van der Waals surface area contributed by atoms with E-state index in [1.165, 1.54) is 7.11 Å². The molecule has 0 aliphatic heterocycles. The standard InChI is InChI=1S/C7H14O2.C7H13O.C6H15O2P.CH3.V.2Y/c1-5-7(2,3)6(8)9-4;1-5-7(3,4)6(2)8;1-5-6(2,3)9(4,7)8;;;;/h5H2,1-4H3;2,5H2,1,3-4H3;7-8H,4-5H2,1-3H3;1H3;;;/q;-1;;-1;+2;;. The Bertz CT molecular complexity index is 490. The molecule has 0 bridgehead atoms. The second-order valence-corrected chi connectivity index (χ2v) is 11.0. The number of esters is 1. The second-order valence-electron chi connectivity index (χ2n) is 8.29. The normalized spacial score (nSPS) is 10.5. The van der Waals surface area contributed by atoms with Gasteiger partial charge in [-0.3, -0.25) is 4.79 Å². The van der Waals surface area contributed by atoms with Gasteiger partial charge in [0.15, 0.2) is 0 Å². The molecule has 0 rings (SSSR count). The van der Waals surface area contributed by atoms with Gasteiger partial charge < -0.3 is 33.7 Å². The molecule has 0 aromatic rings. The Kier molecular flexibility index (Phi) is 35.4. The number of hydrogen-bond acceptors (Lipinski definition) is 5. The first-order valence-corrected chi connectivity index (χ1v) is 10.9. The minimum absolute atomic E-state index is 0. The zero-order chi connectivity index (χ0) is 22.0. The largest absolute Gasteiger partial charge is 2.00 e. The van der Waals surface area contributed by atoms with Crippen molar-refractivity contribution >= 4 is 25.4 Å². The quantitative estimate of drug-likeness (QED) is 0.235. The Morgan fingerprint density at radius 2 is 1.20 bits per heavy atom. The van der Waals surface area contributed by atoms with Gasteiger partial charge in [0.25, 0.3) is 0 Å². The Morgan fingerprint density at radius 1 is 0.900 bits per heavy atom. The molecule has 3 radical (unpaired) electrons. The number of hydrogen-bond donors (Lipinski definition) is 2. The van der Waals surface area contributed by atoms with E-state index in [1.807, 2.05) is 62.3 Å². The predicted octanol–water partition coefficient (Wildman–Crippen LogP) is 5.30. The second kappa shape index (κ2) is 21.5. The number of ketones is 1. The van der Waals surface area contributed by atoms with Crippen molar-refractivity contribution < 1.29 is 108 Å². The maximum absolute atomic E-state index is 10.8. The molecular formula is C21H45O5PVY2. The van der Waals surface area contributed by atoms with Crippen LogP contribution in [0.15, 0.2) is 0 Å². The monoisotopic (exact) mass is 637 g/mol. The Morgan fingerprint density at radius 3 is 1.23 bits per heavy atom. The summed E-state index contributed by atoms with van der Waals surface area (Å²) in [6.45, 7) is 20.4. The van der Waals surface area contributed by atoms with Crippen molar-refractivity contribution in [2.24, 2.45) is 10.8 Å². The average Bonchev–Trinajstić information content (AvgIpc) is 2.53. The van der Waals surface area contributed by atoms with E-state index in [4.69, 9.17) is 9.79 Å². The molecule has 175 valence electrons. The first kappa shape index (κ1) is 49.2. The van der Waals surface area contributed by atoms with Crippen LogP contribution in [-0.4, -0.2) is 40.1 Å². The SMILES string of the molecule is C=P(O)(O)C(C)(C)CC.CCC(C)(C)C(=O)OC.[CH2-]C(=O)C(C)(C)CC.[CH3-].[V+2].[Y].[Y]. The number of carbonyl (C=O) groups excluding carboxylic acids is 2. The maximum atomic E-state index is 10.8. The summed E-state index contributed by atoms with van der Waals surface area (Å²) in [5.74, 6) is -0.106. The van der Waals surface area contributed by atoms with Gasteiger partial charge in [-0.2, -0.15) is 0 Å². The van der Waals surface area contributed by atoms with E-state index >= 15 is 0 Å². The smallest absolute Gasteiger partial charge is 0.469 e. The van der Waals surface area contributed by atoms with E-state index in [1.54, 1.807) is 0 Å². The average molecular weight is 637 g/mol. The number of rotatable bonds is 6. The fourth-order valence-electron chi connectivity index (χ4n) is 0.871. The molecule has 0 aliphatic carbocycles. The molecule has 2 N–H and O–H groups in total. The summed E-state index contributed by atoms with van der Waals surface area (Å²) >= 11 is 0. The topological polar surface area (TPSA) is 83.8 Å². The van der Waals surface area contributed by atoms with E-state index in [2.05, 4.69) is 18.0 Å². The van der Waals surface area contributed by atoms with Gasteiger partial charge in [0, 0.05) is 76.4 Å². The molecule has 0 fully saturated rings. The fraction of sp³-hybridized carbons (Fsp3) is 0.762. The summed E-state index contributed by atoms with van der Waals surface area (Å²) < 4.78 is 4.57. The Labute approximate surface area is 249 Å². The first-order chi connectivity index (χ1) is 11.4. The molecule has 0 atom stereocenters. The number of ether oxygens (including phenoxy) is 1. The third-order valence-electron chi connectivity index (χ3n) is 5.10. The number of Topliss-reactive ketones (excluding diaryl/α,β-unsaturated/α-hetero) is 1. The molecule has 0 aromatic carbocycles. The molecule has 0 heterocycles. The molecule has 0 unspecified atom stereocenters. The number of carbonyl (C=O) groups is 2. The van der Waals surface area contributed by atoms with Crippen LogP contribution >= 0.6 is 7.34 Å². The third-order valence-corrected chi connectivity index (χ3v) is 7.35. The van der Waals surface area contributed by atoms with Gasteiger partial charge in [-0.15, -0.1) is 0 Å². The van der Waals surface area contributed by atoms with Crippen molar-refractivity contribution in [1.29, 1.82) is 0 Å². The molecule has 9 heteroatoms. The summed E-state index contributed by atoms with van der Waals surface area (Å²) in [5.41, 5.74) is -0.519. The molecule has 0 amide bonds. The molecule has 0 aliphatic rings. The van der Waals surface area contributed by atoms with Crippen molar-refractivity contribution in [1.82, 2.24) is 0 Å². The van der Waals surface area contributed by atoms with Crippen molar-refractivity contribution in [2.75, 3.05) is 7.11 Å². The zero-order valence-corrected chi connectivity index (χ0v) is 29.2. The molecule has 0 spiro atoms. The van der Waals surface area contributed by atoms with Crippen molar-refractivity contribution in [2.45, 2.75) is 86.7 Å². The van der Waals surface area contributed by atoms with Crippen LogP contribution in [0.5, 0.6) is 0 Å². The van der Waals surface area contributed by atoms with Crippen LogP contribution < -0.4 is 0 Å². The summed E-state index contributed by atoms with van der Waals surface area (Å²) in [6.07, 6.45) is 5.77.